The molecule has 2 N–H and O–H groups in total. The van der Waals surface area contributed by atoms with Crippen LogP contribution in [0.25, 0.3) is 0 Å². The monoisotopic (exact) mass is 297 g/mol. The minimum Gasteiger partial charge on any atom is -0.465 e. The number of carbonyl (C=O) groups is 1. The summed E-state index contributed by atoms with van der Waals surface area (Å²) >= 11 is 4.85. The number of carbonyl (C=O) groups excluding carboxylic acids is 1. The van der Waals surface area contributed by atoms with E-state index in [9.17, 15) is 4.79 Å². The molecule has 0 saturated heterocycles. The fourth-order valence-electron chi connectivity index (χ4n) is 1.58. The Balaban J connectivity index is 2.80. The van der Waals surface area contributed by atoms with Gasteiger partial charge in [-0.25, -0.2) is 0 Å². The van der Waals surface area contributed by atoms with Crippen molar-refractivity contribution in [3.05, 3.63) is 24.0 Å². The highest BCUT2D eigenvalue weighted by Gasteiger charge is 2.13. The molecule has 0 bridgehead atoms. The number of methoxy groups -OCH3 is 1. The maximum Gasteiger partial charge on any atom is 0.325 e. The van der Waals surface area contributed by atoms with Gasteiger partial charge < -0.3 is 20.1 Å². The van der Waals surface area contributed by atoms with Crippen molar-refractivity contribution in [1.82, 2.24) is 4.98 Å². The van der Waals surface area contributed by atoms with Crippen LogP contribution in [0.2, 0.25) is 0 Å². The number of esters is 1. The summed E-state index contributed by atoms with van der Waals surface area (Å²) in [6.45, 7) is 3.33. The zero-order valence-electron chi connectivity index (χ0n) is 11.7. The van der Waals surface area contributed by atoms with Crippen LogP contribution in [0, 0.1) is 0 Å². The van der Waals surface area contributed by atoms with Gasteiger partial charge in [0.25, 0.3) is 0 Å². The third-order valence-electron chi connectivity index (χ3n) is 2.56. The van der Waals surface area contributed by atoms with E-state index in [1.807, 2.05) is 11.0 Å². The summed E-state index contributed by atoms with van der Waals surface area (Å²) in [4.78, 5) is 17.8. The van der Waals surface area contributed by atoms with Gasteiger partial charge in [0, 0.05) is 13.7 Å². The fraction of sp³-hybridized carbons (Fsp3) is 0.462. The Hall–Kier alpha value is -1.73. The van der Waals surface area contributed by atoms with Crippen molar-refractivity contribution in [1.29, 1.82) is 0 Å². The molecule has 110 valence electrons. The molecule has 1 rings (SSSR count). The lowest BCUT2D eigenvalue weighted by Gasteiger charge is -2.23. The molecule has 0 fully saturated rings. The van der Waals surface area contributed by atoms with Gasteiger partial charge in [0.2, 0.25) is 0 Å². The molecule has 0 aliphatic carbocycles. The van der Waals surface area contributed by atoms with Gasteiger partial charge in [0.05, 0.1) is 30.8 Å². The number of hydrogen-bond donors (Lipinski definition) is 1. The maximum absolute atomic E-state index is 11.6. The molecule has 0 unspecified atom stereocenters. The van der Waals surface area contributed by atoms with Crippen molar-refractivity contribution in [2.24, 2.45) is 5.73 Å². The quantitative estimate of drug-likeness (QED) is 0.560. The van der Waals surface area contributed by atoms with Gasteiger partial charge >= 0.3 is 5.97 Å². The SMILES string of the molecule is CCOC(=O)CN(CCOC)c1ccc(C(N)=S)nc1. The Morgan fingerprint density at radius 2 is 2.25 bits per heavy atom. The smallest absolute Gasteiger partial charge is 0.325 e. The molecule has 6 nitrogen and oxygen atoms in total. The van der Waals surface area contributed by atoms with E-state index in [0.717, 1.165) is 5.69 Å². The number of nitrogens with two attached hydrogens (primary N) is 1. The second-order valence-electron chi connectivity index (χ2n) is 3.99. The third-order valence-corrected chi connectivity index (χ3v) is 2.77. The Labute approximate surface area is 123 Å². The van der Waals surface area contributed by atoms with Crippen LogP contribution in [0.5, 0.6) is 0 Å². The molecule has 0 aromatic carbocycles. The zero-order chi connectivity index (χ0) is 15.0. The van der Waals surface area contributed by atoms with E-state index in [1.165, 1.54) is 0 Å². The molecule has 0 atom stereocenters. The van der Waals surface area contributed by atoms with Gasteiger partial charge in [0.15, 0.2) is 0 Å². The number of aromatic nitrogens is 1. The van der Waals surface area contributed by atoms with E-state index in [2.05, 4.69) is 4.98 Å². The van der Waals surface area contributed by atoms with Crippen LogP contribution in [0.15, 0.2) is 18.3 Å². The molecule has 0 aliphatic heterocycles. The van der Waals surface area contributed by atoms with Crippen molar-refractivity contribution in [2.75, 3.05) is 38.3 Å². The number of anilines is 1. The molecule has 1 heterocycles. The lowest BCUT2D eigenvalue weighted by atomic mass is 10.3. The Kier molecular flexibility index (Phi) is 6.89. The molecule has 0 radical (unpaired) electrons. The standard InChI is InChI=1S/C13H19N3O3S/c1-3-19-12(17)9-16(6-7-18-2)10-4-5-11(13(14)20)15-8-10/h4-5,8H,3,6-7,9H2,1-2H3,(H2,14,20). The summed E-state index contributed by atoms with van der Waals surface area (Å²) in [5.41, 5.74) is 6.84. The lowest BCUT2D eigenvalue weighted by Crippen LogP contribution is -2.34. The van der Waals surface area contributed by atoms with Crippen LogP contribution >= 0.6 is 12.2 Å². The number of hydrogen-bond acceptors (Lipinski definition) is 6. The molecular weight excluding hydrogens is 278 g/mol. The molecule has 7 heteroatoms. The summed E-state index contributed by atoms with van der Waals surface area (Å²) < 4.78 is 10.00. The molecule has 0 spiro atoms. The summed E-state index contributed by atoms with van der Waals surface area (Å²) in [7, 11) is 1.61. The molecule has 20 heavy (non-hydrogen) atoms. The van der Waals surface area contributed by atoms with Crippen molar-refractivity contribution in [3.8, 4) is 0 Å². The number of pyridine rings is 1. The van der Waals surface area contributed by atoms with Crippen molar-refractivity contribution < 1.29 is 14.3 Å². The first-order valence-electron chi connectivity index (χ1n) is 6.23. The normalized spacial score (nSPS) is 10.1. The molecule has 1 aromatic rings. The second-order valence-corrected chi connectivity index (χ2v) is 4.43. The van der Waals surface area contributed by atoms with Crippen LogP contribution in [0.4, 0.5) is 5.69 Å². The summed E-state index contributed by atoms with van der Waals surface area (Å²) in [5, 5.41) is 0. The maximum atomic E-state index is 11.6. The Morgan fingerprint density at radius 3 is 2.75 bits per heavy atom. The summed E-state index contributed by atoms with van der Waals surface area (Å²) in [5.74, 6) is -0.290. The van der Waals surface area contributed by atoms with Crippen molar-refractivity contribution in [3.63, 3.8) is 0 Å². The first kappa shape index (κ1) is 16.3. The lowest BCUT2D eigenvalue weighted by molar-refractivity contribution is -0.141. The second kappa shape index (κ2) is 8.44. The minimum absolute atomic E-state index is 0.144. The van der Waals surface area contributed by atoms with Gasteiger partial charge in [-0.3, -0.25) is 9.78 Å². The van der Waals surface area contributed by atoms with Crippen LogP contribution in [-0.4, -0.2) is 49.4 Å². The van der Waals surface area contributed by atoms with Crippen LogP contribution in [0.3, 0.4) is 0 Å². The number of nitrogens with zero attached hydrogens (tertiary/aromatic N) is 2. The topological polar surface area (TPSA) is 77.7 Å². The van der Waals surface area contributed by atoms with Crippen molar-refractivity contribution >= 4 is 28.9 Å². The van der Waals surface area contributed by atoms with Crippen LogP contribution < -0.4 is 10.6 Å². The highest BCUT2D eigenvalue weighted by Crippen LogP contribution is 2.13. The van der Waals surface area contributed by atoms with E-state index < -0.39 is 0 Å². The van der Waals surface area contributed by atoms with Crippen LogP contribution in [-0.2, 0) is 14.3 Å². The van der Waals surface area contributed by atoms with Crippen LogP contribution in [0.1, 0.15) is 12.6 Å². The molecular formula is C13H19N3O3S. The van der Waals surface area contributed by atoms with E-state index in [0.29, 0.717) is 25.5 Å². The highest BCUT2D eigenvalue weighted by molar-refractivity contribution is 7.80. The van der Waals surface area contributed by atoms with Crippen molar-refractivity contribution in [2.45, 2.75) is 6.92 Å². The van der Waals surface area contributed by atoms with Gasteiger partial charge in [-0.2, -0.15) is 0 Å². The zero-order valence-corrected chi connectivity index (χ0v) is 12.5. The highest BCUT2D eigenvalue weighted by atomic mass is 32.1. The van der Waals surface area contributed by atoms with E-state index in [-0.39, 0.29) is 17.5 Å². The Morgan fingerprint density at radius 1 is 1.50 bits per heavy atom. The average Bonchev–Trinajstić information content (AvgIpc) is 2.44. The molecule has 0 aliphatic rings. The predicted molar refractivity (Wildman–Crippen MR) is 80.8 cm³/mol. The number of thiocarbonyl (C=S) groups is 1. The molecule has 1 aromatic heterocycles. The summed E-state index contributed by atoms with van der Waals surface area (Å²) in [6, 6.07) is 3.54. The Bertz CT molecular complexity index is 451. The van der Waals surface area contributed by atoms with Gasteiger partial charge in [0.1, 0.15) is 11.5 Å². The minimum atomic E-state index is -0.290. The number of ether oxygens (including phenoxy) is 2. The first-order chi connectivity index (χ1) is 9.58. The predicted octanol–water partition coefficient (Wildman–Crippen LogP) is 0.732. The fourth-order valence-corrected chi connectivity index (χ4v) is 1.70. The van der Waals surface area contributed by atoms with E-state index >= 15 is 0 Å². The largest absolute Gasteiger partial charge is 0.465 e. The third kappa shape index (κ3) is 5.10. The van der Waals surface area contributed by atoms with Gasteiger partial charge in [-0.05, 0) is 19.1 Å². The van der Waals surface area contributed by atoms with E-state index in [1.54, 1.807) is 26.3 Å². The molecule has 0 amide bonds. The van der Waals surface area contributed by atoms with Gasteiger partial charge in [-0.15, -0.1) is 0 Å². The average molecular weight is 297 g/mol. The molecule has 0 saturated carbocycles. The van der Waals surface area contributed by atoms with Gasteiger partial charge in [-0.1, -0.05) is 12.2 Å². The first-order valence-corrected chi connectivity index (χ1v) is 6.64. The van der Waals surface area contributed by atoms with E-state index in [4.69, 9.17) is 27.4 Å². The summed E-state index contributed by atoms with van der Waals surface area (Å²) in [6.07, 6.45) is 1.63. The number of rotatable bonds is 8.